The standard InChI is InChI=1S/C15H22N4O2.2ClH/c1-17-14(20)10-19-7-5-13(6-8-19)18-15(21)11-3-2-4-12(16)9-11;;/h2-4,9,13H,5-8,10,16H2,1H3,(H,17,20)(H,18,21);2*1H. The molecule has 2 rings (SSSR count). The highest BCUT2D eigenvalue weighted by molar-refractivity contribution is 5.95. The van der Waals surface area contributed by atoms with Crippen molar-refractivity contribution in [1.82, 2.24) is 15.5 Å². The third kappa shape index (κ3) is 6.64. The number of likely N-dealkylation sites (tertiary alicyclic amines) is 1. The minimum Gasteiger partial charge on any atom is -0.399 e. The van der Waals surface area contributed by atoms with Gasteiger partial charge >= 0.3 is 0 Å². The summed E-state index contributed by atoms with van der Waals surface area (Å²) in [7, 11) is 1.64. The van der Waals surface area contributed by atoms with Gasteiger partial charge in [0.2, 0.25) is 5.91 Å². The third-order valence-corrected chi connectivity index (χ3v) is 3.72. The molecule has 1 aliphatic rings. The first-order valence-corrected chi connectivity index (χ1v) is 7.18. The summed E-state index contributed by atoms with van der Waals surface area (Å²) < 4.78 is 0. The number of likely N-dealkylation sites (N-methyl/N-ethyl adjacent to an activating group) is 1. The summed E-state index contributed by atoms with van der Waals surface area (Å²) in [6.45, 7) is 2.05. The first kappa shape index (κ1) is 21.5. The highest BCUT2D eigenvalue weighted by Gasteiger charge is 2.22. The van der Waals surface area contributed by atoms with Gasteiger partial charge < -0.3 is 16.4 Å². The van der Waals surface area contributed by atoms with Gasteiger partial charge in [0, 0.05) is 37.4 Å². The molecular weight excluding hydrogens is 339 g/mol. The van der Waals surface area contributed by atoms with Crippen LogP contribution in [0.25, 0.3) is 0 Å². The average molecular weight is 363 g/mol. The topological polar surface area (TPSA) is 87.5 Å². The third-order valence-electron chi connectivity index (χ3n) is 3.72. The maximum atomic E-state index is 12.1. The number of hydrogen-bond acceptors (Lipinski definition) is 4. The molecule has 1 heterocycles. The highest BCUT2D eigenvalue weighted by Crippen LogP contribution is 2.12. The SMILES string of the molecule is CNC(=O)CN1CCC(NC(=O)c2cccc(N)c2)CC1.Cl.Cl. The van der Waals surface area contributed by atoms with Gasteiger partial charge in [-0.15, -0.1) is 24.8 Å². The van der Waals surface area contributed by atoms with Crippen LogP contribution in [0.5, 0.6) is 0 Å². The molecule has 1 aromatic rings. The molecule has 1 aromatic carbocycles. The summed E-state index contributed by atoms with van der Waals surface area (Å²) in [6, 6.07) is 7.12. The van der Waals surface area contributed by atoms with Crippen LogP contribution >= 0.6 is 24.8 Å². The van der Waals surface area contributed by atoms with Crippen LogP contribution in [-0.4, -0.2) is 49.4 Å². The van der Waals surface area contributed by atoms with Crippen LogP contribution in [-0.2, 0) is 4.79 Å². The van der Waals surface area contributed by atoms with Gasteiger partial charge in [0.25, 0.3) is 5.91 Å². The number of amides is 2. The van der Waals surface area contributed by atoms with Crippen molar-refractivity contribution in [2.75, 3.05) is 32.4 Å². The second kappa shape index (κ2) is 10.3. The van der Waals surface area contributed by atoms with Crippen LogP contribution in [0.15, 0.2) is 24.3 Å². The summed E-state index contributed by atoms with van der Waals surface area (Å²) in [5, 5.41) is 5.65. The van der Waals surface area contributed by atoms with Gasteiger partial charge in [-0.3, -0.25) is 14.5 Å². The Labute approximate surface area is 149 Å². The van der Waals surface area contributed by atoms with E-state index in [-0.39, 0.29) is 42.7 Å². The second-order valence-corrected chi connectivity index (χ2v) is 5.32. The molecule has 0 radical (unpaired) electrons. The van der Waals surface area contributed by atoms with Crippen molar-refractivity contribution in [1.29, 1.82) is 0 Å². The Balaban J connectivity index is 0.00000242. The Hall–Kier alpha value is -1.50. The number of anilines is 1. The van der Waals surface area contributed by atoms with Crippen molar-refractivity contribution in [3.8, 4) is 0 Å². The van der Waals surface area contributed by atoms with E-state index in [4.69, 9.17) is 5.73 Å². The molecule has 1 aliphatic heterocycles. The molecule has 0 unspecified atom stereocenters. The molecule has 0 aliphatic carbocycles. The van der Waals surface area contributed by atoms with E-state index in [1.165, 1.54) is 0 Å². The van der Waals surface area contributed by atoms with Crippen molar-refractivity contribution in [3.05, 3.63) is 29.8 Å². The van der Waals surface area contributed by atoms with Gasteiger partial charge in [-0.25, -0.2) is 0 Å². The van der Waals surface area contributed by atoms with Gasteiger partial charge in [0.1, 0.15) is 0 Å². The average Bonchev–Trinajstić information content (AvgIpc) is 2.49. The molecule has 4 N–H and O–H groups in total. The molecule has 1 saturated heterocycles. The van der Waals surface area contributed by atoms with Gasteiger partial charge in [0.05, 0.1) is 6.54 Å². The van der Waals surface area contributed by atoms with Crippen LogP contribution in [0.4, 0.5) is 5.69 Å². The number of nitrogens with zero attached hydrogens (tertiary/aromatic N) is 1. The first-order chi connectivity index (χ1) is 10.1. The summed E-state index contributed by atoms with van der Waals surface area (Å²) >= 11 is 0. The Morgan fingerprint density at radius 3 is 2.48 bits per heavy atom. The Bertz CT molecular complexity index is 520. The molecule has 0 bridgehead atoms. The van der Waals surface area contributed by atoms with Crippen molar-refractivity contribution in [2.45, 2.75) is 18.9 Å². The summed E-state index contributed by atoms with van der Waals surface area (Å²) in [5.41, 5.74) is 6.85. The summed E-state index contributed by atoms with van der Waals surface area (Å²) in [5.74, 6) is -0.0655. The lowest BCUT2D eigenvalue weighted by Gasteiger charge is -2.31. The number of carbonyl (C=O) groups is 2. The fourth-order valence-electron chi connectivity index (χ4n) is 2.47. The van der Waals surface area contributed by atoms with Crippen LogP contribution in [0.2, 0.25) is 0 Å². The zero-order chi connectivity index (χ0) is 15.2. The number of nitrogens with two attached hydrogens (primary N) is 1. The largest absolute Gasteiger partial charge is 0.399 e. The normalized spacial score (nSPS) is 15.0. The second-order valence-electron chi connectivity index (χ2n) is 5.32. The van der Waals surface area contributed by atoms with Gasteiger partial charge in [-0.2, -0.15) is 0 Å². The molecule has 23 heavy (non-hydrogen) atoms. The maximum absolute atomic E-state index is 12.1. The molecule has 1 fully saturated rings. The fraction of sp³-hybridized carbons (Fsp3) is 0.467. The van der Waals surface area contributed by atoms with E-state index < -0.39 is 0 Å². The molecule has 0 atom stereocenters. The smallest absolute Gasteiger partial charge is 0.251 e. The molecule has 8 heteroatoms. The van der Waals surface area contributed by atoms with Crippen molar-refractivity contribution < 1.29 is 9.59 Å². The molecule has 0 saturated carbocycles. The number of nitrogens with one attached hydrogen (secondary N) is 2. The Morgan fingerprint density at radius 1 is 1.26 bits per heavy atom. The molecule has 2 amide bonds. The first-order valence-electron chi connectivity index (χ1n) is 7.18. The monoisotopic (exact) mass is 362 g/mol. The van der Waals surface area contributed by atoms with E-state index in [0.717, 1.165) is 25.9 Å². The minimum atomic E-state index is -0.0907. The van der Waals surface area contributed by atoms with E-state index >= 15 is 0 Å². The number of carbonyl (C=O) groups excluding carboxylic acids is 2. The number of rotatable bonds is 4. The van der Waals surface area contributed by atoms with Crippen molar-refractivity contribution in [2.24, 2.45) is 0 Å². The van der Waals surface area contributed by atoms with E-state index in [1.54, 1.807) is 31.3 Å². The van der Waals surface area contributed by atoms with E-state index in [9.17, 15) is 9.59 Å². The summed E-state index contributed by atoms with van der Waals surface area (Å²) in [6.07, 6.45) is 1.70. The number of nitrogen functional groups attached to an aromatic ring is 1. The van der Waals surface area contributed by atoms with Crippen LogP contribution < -0.4 is 16.4 Å². The van der Waals surface area contributed by atoms with Crippen LogP contribution in [0.1, 0.15) is 23.2 Å². The van der Waals surface area contributed by atoms with Gasteiger partial charge in [0.15, 0.2) is 0 Å². The van der Waals surface area contributed by atoms with Crippen molar-refractivity contribution >= 4 is 42.3 Å². The lowest BCUT2D eigenvalue weighted by Crippen LogP contribution is -2.47. The van der Waals surface area contributed by atoms with Crippen LogP contribution in [0.3, 0.4) is 0 Å². The van der Waals surface area contributed by atoms with Gasteiger partial charge in [-0.05, 0) is 31.0 Å². The molecule has 0 spiro atoms. The van der Waals surface area contributed by atoms with Gasteiger partial charge in [-0.1, -0.05) is 6.07 Å². The predicted octanol–water partition coefficient (Wildman–Crippen LogP) is 1.05. The van der Waals surface area contributed by atoms with E-state index in [2.05, 4.69) is 15.5 Å². The van der Waals surface area contributed by atoms with Crippen LogP contribution in [0, 0.1) is 0 Å². The van der Waals surface area contributed by atoms with E-state index in [1.807, 2.05) is 0 Å². The lowest BCUT2D eigenvalue weighted by molar-refractivity contribution is -0.122. The molecule has 130 valence electrons. The molecule has 6 nitrogen and oxygen atoms in total. The summed E-state index contributed by atoms with van der Waals surface area (Å²) in [4.78, 5) is 25.5. The Morgan fingerprint density at radius 2 is 1.91 bits per heavy atom. The van der Waals surface area contributed by atoms with E-state index in [0.29, 0.717) is 17.8 Å². The Kier molecular flexibility index (Phi) is 9.64. The number of piperidine rings is 1. The molecule has 0 aromatic heterocycles. The lowest BCUT2D eigenvalue weighted by atomic mass is 10.0. The number of hydrogen-bond donors (Lipinski definition) is 3. The maximum Gasteiger partial charge on any atom is 0.251 e. The number of benzene rings is 1. The number of halogens is 2. The zero-order valence-corrected chi connectivity index (χ0v) is 14.7. The zero-order valence-electron chi connectivity index (χ0n) is 13.1. The minimum absolute atomic E-state index is 0. The quantitative estimate of drug-likeness (QED) is 0.698. The predicted molar refractivity (Wildman–Crippen MR) is 96.3 cm³/mol. The molecular formula is C15H24Cl2N4O2. The fourth-order valence-corrected chi connectivity index (χ4v) is 2.47. The highest BCUT2D eigenvalue weighted by atomic mass is 35.5. The van der Waals surface area contributed by atoms with Crippen molar-refractivity contribution in [3.63, 3.8) is 0 Å².